The lowest BCUT2D eigenvalue weighted by atomic mass is 10.0. The van der Waals surface area contributed by atoms with E-state index >= 15 is 0 Å². The van der Waals surface area contributed by atoms with Gasteiger partial charge < -0.3 is 19.8 Å². The number of furan rings is 1. The molecule has 2 N–H and O–H groups in total. The molecule has 6 nitrogen and oxygen atoms in total. The van der Waals surface area contributed by atoms with Crippen LogP contribution in [-0.4, -0.2) is 55.8 Å². The zero-order valence-corrected chi connectivity index (χ0v) is 19.8. The predicted octanol–water partition coefficient (Wildman–Crippen LogP) is 4.23. The molecule has 32 heavy (non-hydrogen) atoms. The number of hydrogen-bond acceptors (Lipinski definition) is 4. The van der Waals surface area contributed by atoms with Crippen LogP contribution < -0.4 is 10.6 Å². The third-order valence-electron chi connectivity index (χ3n) is 5.69. The number of benzene rings is 1. The normalized spacial score (nSPS) is 15.9. The lowest BCUT2D eigenvalue weighted by Crippen LogP contribution is -2.49. The van der Waals surface area contributed by atoms with Gasteiger partial charge in [-0.1, -0.05) is 30.3 Å². The van der Waals surface area contributed by atoms with Gasteiger partial charge in [0.1, 0.15) is 5.76 Å². The van der Waals surface area contributed by atoms with Crippen molar-refractivity contribution in [3.63, 3.8) is 0 Å². The first-order valence-electron chi connectivity index (χ1n) is 12.1. The third kappa shape index (κ3) is 9.45. The smallest absolute Gasteiger partial charge is 0.191 e. The van der Waals surface area contributed by atoms with Crippen LogP contribution in [0, 0.1) is 0 Å². The molecule has 0 aliphatic carbocycles. The van der Waals surface area contributed by atoms with E-state index in [2.05, 4.69) is 59.7 Å². The molecule has 1 aromatic carbocycles. The maximum atomic E-state index is 5.63. The van der Waals surface area contributed by atoms with Gasteiger partial charge in [-0.3, -0.25) is 9.89 Å². The molecule has 2 aromatic rings. The van der Waals surface area contributed by atoms with Gasteiger partial charge in [0.05, 0.1) is 12.4 Å². The second-order valence-corrected chi connectivity index (χ2v) is 8.79. The topological polar surface area (TPSA) is 62.0 Å². The fourth-order valence-electron chi connectivity index (χ4n) is 3.91. The monoisotopic (exact) mass is 440 g/mol. The van der Waals surface area contributed by atoms with Crippen molar-refractivity contribution < 1.29 is 9.15 Å². The largest absolute Gasteiger partial charge is 0.469 e. The van der Waals surface area contributed by atoms with Crippen molar-refractivity contribution in [1.29, 1.82) is 0 Å². The van der Waals surface area contributed by atoms with Crippen LogP contribution in [0.4, 0.5) is 0 Å². The molecule has 1 aromatic heterocycles. The van der Waals surface area contributed by atoms with Crippen molar-refractivity contribution in [3.8, 4) is 0 Å². The van der Waals surface area contributed by atoms with Gasteiger partial charge in [-0.25, -0.2) is 0 Å². The highest BCUT2D eigenvalue weighted by molar-refractivity contribution is 5.80. The molecular weight excluding hydrogens is 400 g/mol. The van der Waals surface area contributed by atoms with Crippen LogP contribution in [0.5, 0.6) is 0 Å². The summed E-state index contributed by atoms with van der Waals surface area (Å²) in [5.41, 5.74) is 1.39. The van der Waals surface area contributed by atoms with Crippen LogP contribution in [0.1, 0.15) is 50.9 Å². The minimum atomic E-state index is 0.298. The Morgan fingerprint density at radius 3 is 2.66 bits per heavy atom. The van der Waals surface area contributed by atoms with Crippen LogP contribution in [-0.2, 0) is 17.7 Å². The first kappa shape index (κ1) is 24.3. The fraction of sp³-hybridized carbons (Fsp3) is 0.577. The first-order chi connectivity index (χ1) is 15.7. The Morgan fingerprint density at radius 2 is 1.94 bits per heavy atom. The molecule has 0 atom stereocenters. The van der Waals surface area contributed by atoms with E-state index in [1.165, 1.54) is 5.56 Å². The molecule has 0 saturated carbocycles. The number of unbranched alkanes of at least 4 members (excludes halogenated alkanes) is 1. The maximum Gasteiger partial charge on any atom is 0.191 e. The summed E-state index contributed by atoms with van der Waals surface area (Å²) in [5, 5.41) is 7.18. The zero-order chi connectivity index (χ0) is 22.4. The highest BCUT2D eigenvalue weighted by atomic mass is 16.5. The van der Waals surface area contributed by atoms with Crippen molar-refractivity contribution in [3.05, 3.63) is 60.1 Å². The molecule has 1 aliphatic heterocycles. The number of aliphatic imine (C=N–C) groups is 1. The molecule has 0 bridgehead atoms. The van der Waals surface area contributed by atoms with Gasteiger partial charge in [0.2, 0.25) is 0 Å². The number of nitrogens with one attached hydrogen (secondary N) is 2. The summed E-state index contributed by atoms with van der Waals surface area (Å²) in [6.45, 7) is 9.84. The number of rotatable bonds is 12. The van der Waals surface area contributed by atoms with Gasteiger partial charge >= 0.3 is 0 Å². The molecule has 1 aliphatic rings. The number of hydrogen-bond donors (Lipinski definition) is 2. The summed E-state index contributed by atoms with van der Waals surface area (Å²) in [5.74, 6) is 1.92. The summed E-state index contributed by atoms with van der Waals surface area (Å²) in [6.07, 6.45) is 7.22. The van der Waals surface area contributed by atoms with E-state index in [0.29, 0.717) is 12.1 Å². The summed E-state index contributed by atoms with van der Waals surface area (Å²) in [4.78, 5) is 7.38. The van der Waals surface area contributed by atoms with Gasteiger partial charge in [0.25, 0.3) is 0 Å². The van der Waals surface area contributed by atoms with E-state index in [0.717, 1.165) is 83.2 Å². The van der Waals surface area contributed by atoms with Crippen molar-refractivity contribution >= 4 is 5.96 Å². The SMILES string of the molecule is CC(C)OCCCCN=C(NCCc1ccco1)NC1CCN(Cc2ccccc2)CC1. The Balaban J connectivity index is 1.42. The van der Waals surface area contributed by atoms with E-state index in [1.807, 2.05) is 12.1 Å². The van der Waals surface area contributed by atoms with Gasteiger partial charge in [0, 0.05) is 51.8 Å². The van der Waals surface area contributed by atoms with Crippen LogP contribution >= 0.6 is 0 Å². The number of guanidine groups is 1. The number of likely N-dealkylation sites (tertiary alicyclic amines) is 1. The number of nitrogens with zero attached hydrogens (tertiary/aromatic N) is 2. The first-order valence-corrected chi connectivity index (χ1v) is 12.1. The molecule has 0 spiro atoms. The highest BCUT2D eigenvalue weighted by Gasteiger charge is 2.20. The molecule has 3 rings (SSSR count). The minimum absolute atomic E-state index is 0.298. The van der Waals surface area contributed by atoms with Crippen molar-refractivity contribution in [2.45, 2.75) is 64.6 Å². The van der Waals surface area contributed by atoms with Gasteiger partial charge in [-0.05, 0) is 57.2 Å². The molecule has 176 valence electrons. The fourth-order valence-corrected chi connectivity index (χ4v) is 3.91. The average Bonchev–Trinajstić information content (AvgIpc) is 3.31. The summed E-state index contributed by atoms with van der Waals surface area (Å²) in [7, 11) is 0. The average molecular weight is 441 g/mol. The molecule has 6 heteroatoms. The summed E-state index contributed by atoms with van der Waals surface area (Å²) < 4.78 is 11.1. The van der Waals surface area contributed by atoms with Crippen LogP contribution in [0.2, 0.25) is 0 Å². The Hall–Kier alpha value is -2.31. The quantitative estimate of drug-likeness (QED) is 0.294. The van der Waals surface area contributed by atoms with Crippen LogP contribution in [0.3, 0.4) is 0 Å². The molecule has 0 radical (unpaired) electrons. The van der Waals surface area contributed by atoms with Crippen molar-refractivity contribution in [2.24, 2.45) is 4.99 Å². The van der Waals surface area contributed by atoms with E-state index in [-0.39, 0.29) is 0 Å². The molecule has 0 amide bonds. The lowest BCUT2D eigenvalue weighted by molar-refractivity contribution is 0.0763. The Morgan fingerprint density at radius 1 is 1.12 bits per heavy atom. The Kier molecular flexibility index (Phi) is 10.6. The van der Waals surface area contributed by atoms with Gasteiger partial charge in [-0.2, -0.15) is 0 Å². The molecule has 2 heterocycles. The van der Waals surface area contributed by atoms with Crippen molar-refractivity contribution in [1.82, 2.24) is 15.5 Å². The van der Waals surface area contributed by atoms with Gasteiger partial charge in [-0.15, -0.1) is 0 Å². The standard InChI is InChI=1S/C26H40N4O2/c1-22(2)31-19-7-6-15-27-26(28-16-12-25-11-8-20-32-25)29-24-13-17-30(18-14-24)21-23-9-4-3-5-10-23/h3-5,8-11,20,22,24H,6-7,12-19,21H2,1-2H3,(H2,27,28,29). The summed E-state index contributed by atoms with van der Waals surface area (Å²) in [6, 6.07) is 15.2. The predicted molar refractivity (Wildman–Crippen MR) is 131 cm³/mol. The lowest BCUT2D eigenvalue weighted by Gasteiger charge is -2.33. The van der Waals surface area contributed by atoms with E-state index in [1.54, 1.807) is 6.26 Å². The molecule has 1 fully saturated rings. The number of ether oxygens (including phenoxy) is 1. The zero-order valence-electron chi connectivity index (χ0n) is 19.8. The molecule has 1 saturated heterocycles. The maximum absolute atomic E-state index is 5.63. The summed E-state index contributed by atoms with van der Waals surface area (Å²) >= 11 is 0. The Labute approximate surface area is 193 Å². The Bertz CT molecular complexity index is 753. The van der Waals surface area contributed by atoms with E-state index in [9.17, 15) is 0 Å². The van der Waals surface area contributed by atoms with Crippen LogP contribution in [0.15, 0.2) is 58.1 Å². The highest BCUT2D eigenvalue weighted by Crippen LogP contribution is 2.14. The molecule has 0 unspecified atom stereocenters. The second-order valence-electron chi connectivity index (χ2n) is 8.79. The molecular formula is C26H40N4O2. The van der Waals surface area contributed by atoms with Gasteiger partial charge in [0.15, 0.2) is 5.96 Å². The van der Waals surface area contributed by atoms with Crippen molar-refractivity contribution in [2.75, 3.05) is 32.8 Å². The van der Waals surface area contributed by atoms with E-state index < -0.39 is 0 Å². The van der Waals surface area contributed by atoms with Crippen LogP contribution in [0.25, 0.3) is 0 Å². The third-order valence-corrected chi connectivity index (χ3v) is 5.69. The van der Waals surface area contributed by atoms with E-state index in [4.69, 9.17) is 14.1 Å². The number of piperidine rings is 1. The second kappa shape index (κ2) is 14.0. The minimum Gasteiger partial charge on any atom is -0.469 e.